The first kappa shape index (κ1) is 10.5. The second-order valence-electron chi connectivity index (χ2n) is 3.69. The molecular formula is C10H19IN-. The summed E-state index contributed by atoms with van der Waals surface area (Å²) in [6.45, 7) is 6.68. The van der Waals surface area contributed by atoms with Gasteiger partial charge in [0.2, 0.25) is 0 Å². The molecule has 0 spiro atoms. The molecule has 0 amide bonds. The quantitative estimate of drug-likeness (QED) is 0.387. The van der Waals surface area contributed by atoms with Crippen molar-refractivity contribution >= 4 is 0 Å². The molecule has 1 nitrogen and oxygen atoms in total. The van der Waals surface area contributed by atoms with Gasteiger partial charge in [0.1, 0.15) is 0 Å². The van der Waals surface area contributed by atoms with Crippen molar-refractivity contribution in [1.29, 1.82) is 0 Å². The van der Waals surface area contributed by atoms with E-state index in [-0.39, 0.29) is 0 Å². The van der Waals surface area contributed by atoms with Crippen molar-refractivity contribution in [1.82, 2.24) is 0 Å². The Morgan fingerprint density at radius 3 is 2.50 bits per heavy atom. The van der Waals surface area contributed by atoms with Gasteiger partial charge in [0.15, 0.2) is 0 Å². The van der Waals surface area contributed by atoms with Gasteiger partial charge in [0.25, 0.3) is 0 Å². The number of allylic oxidation sites excluding steroid dienone is 2. The van der Waals surface area contributed by atoms with Crippen LogP contribution in [-0.4, -0.2) is 14.4 Å². The molecule has 0 saturated heterocycles. The number of alkyl halides is 2. The maximum atomic E-state index is 5.81. The summed E-state index contributed by atoms with van der Waals surface area (Å²) < 4.78 is 2.23. The molecule has 0 bridgehead atoms. The molecule has 0 aromatic rings. The van der Waals surface area contributed by atoms with E-state index in [1.54, 1.807) is 11.1 Å². The summed E-state index contributed by atoms with van der Waals surface area (Å²) >= 11 is 0.350. The first-order valence-electron chi connectivity index (χ1n) is 4.62. The van der Waals surface area contributed by atoms with E-state index in [2.05, 4.69) is 20.8 Å². The fraction of sp³-hybridized carbons (Fsp3) is 0.800. The minimum atomic E-state index is 0.350. The van der Waals surface area contributed by atoms with Crippen LogP contribution in [0.4, 0.5) is 0 Å². The van der Waals surface area contributed by atoms with Crippen LogP contribution in [-0.2, 0) is 0 Å². The van der Waals surface area contributed by atoms with Crippen LogP contribution < -0.4 is 26.9 Å². The van der Waals surface area contributed by atoms with Crippen LogP contribution in [0.25, 0.3) is 0 Å². The monoisotopic (exact) mass is 280 g/mol. The molecule has 1 rings (SSSR count). The molecule has 1 aliphatic rings. The first-order chi connectivity index (χ1) is 5.61. The summed E-state index contributed by atoms with van der Waals surface area (Å²) in [7, 11) is 0. The Bertz CT molecular complexity index is 184. The fourth-order valence-electron chi connectivity index (χ4n) is 1.06. The molecule has 0 aliphatic heterocycles. The fourth-order valence-corrected chi connectivity index (χ4v) is 3.81. The average molecular weight is 280 g/mol. The standard InChI is InChI=1S/C10H19IN/c1-7-6-10(7)4-5-11-8(2)9(3)12/h8-9H,4-6,12H2,1-3H3/q-1/t8?,9-/m1/s1. The molecule has 0 saturated carbocycles. The van der Waals surface area contributed by atoms with Crippen LogP contribution >= 0.6 is 0 Å². The average Bonchev–Trinajstić information content (AvgIpc) is 2.66. The van der Waals surface area contributed by atoms with Crippen LogP contribution in [0, 0.1) is 0 Å². The van der Waals surface area contributed by atoms with Gasteiger partial charge in [-0.25, -0.2) is 0 Å². The van der Waals surface area contributed by atoms with Crippen molar-refractivity contribution in [2.75, 3.05) is 4.43 Å². The Labute approximate surface area is 86.1 Å². The van der Waals surface area contributed by atoms with E-state index < -0.39 is 0 Å². The molecule has 0 fully saturated rings. The van der Waals surface area contributed by atoms with E-state index in [4.69, 9.17) is 5.73 Å². The van der Waals surface area contributed by atoms with Crippen LogP contribution in [0.2, 0.25) is 0 Å². The molecule has 0 aromatic carbocycles. The van der Waals surface area contributed by atoms with Gasteiger partial charge >= 0.3 is 86.1 Å². The van der Waals surface area contributed by atoms with Crippen molar-refractivity contribution in [3.63, 3.8) is 0 Å². The normalized spacial score (nSPS) is 21.3. The Kier molecular flexibility index (Phi) is 4.03. The summed E-state index contributed by atoms with van der Waals surface area (Å²) in [5, 5.41) is 0. The summed E-state index contributed by atoms with van der Waals surface area (Å²) in [6.07, 6.45) is 2.70. The van der Waals surface area contributed by atoms with Gasteiger partial charge in [-0.2, -0.15) is 0 Å². The Morgan fingerprint density at radius 2 is 2.08 bits per heavy atom. The molecular weight excluding hydrogens is 261 g/mol. The maximum absolute atomic E-state index is 5.81. The third-order valence-electron chi connectivity index (χ3n) is 2.43. The molecule has 0 radical (unpaired) electrons. The van der Waals surface area contributed by atoms with Gasteiger partial charge in [-0.05, 0) is 0 Å². The van der Waals surface area contributed by atoms with Crippen molar-refractivity contribution in [3.8, 4) is 0 Å². The zero-order chi connectivity index (χ0) is 9.14. The summed E-state index contributed by atoms with van der Waals surface area (Å²) in [5.74, 6) is 0. The van der Waals surface area contributed by atoms with Gasteiger partial charge in [0, 0.05) is 0 Å². The minimum absolute atomic E-state index is 0.350. The molecule has 0 aromatic heterocycles. The predicted molar refractivity (Wildman–Crippen MR) is 49.9 cm³/mol. The van der Waals surface area contributed by atoms with Crippen LogP contribution in [0.15, 0.2) is 11.1 Å². The van der Waals surface area contributed by atoms with Crippen molar-refractivity contribution in [3.05, 3.63) is 11.1 Å². The summed E-state index contributed by atoms with van der Waals surface area (Å²) in [4.78, 5) is 0. The molecule has 0 heterocycles. The van der Waals surface area contributed by atoms with Gasteiger partial charge in [0.05, 0.1) is 0 Å². The van der Waals surface area contributed by atoms with Crippen LogP contribution in [0.1, 0.15) is 33.6 Å². The third-order valence-corrected chi connectivity index (χ3v) is 6.12. The summed E-state index contributed by atoms with van der Waals surface area (Å²) in [6, 6.07) is 0.409. The first-order valence-corrected chi connectivity index (χ1v) is 7.39. The van der Waals surface area contributed by atoms with Gasteiger partial charge in [-0.1, -0.05) is 0 Å². The van der Waals surface area contributed by atoms with E-state index in [1.165, 1.54) is 17.3 Å². The Hall–Kier alpha value is 0.430. The molecule has 1 aliphatic carbocycles. The number of hydrogen-bond donors (Lipinski definition) is 1. The topological polar surface area (TPSA) is 26.0 Å². The Morgan fingerprint density at radius 1 is 1.50 bits per heavy atom. The molecule has 72 valence electrons. The number of hydrogen-bond acceptors (Lipinski definition) is 1. The SMILES string of the molecule is CC1=C(CC[I-]C(C)[C@@H](C)N)C1. The van der Waals surface area contributed by atoms with Crippen molar-refractivity contribution < 1.29 is 21.2 Å². The van der Waals surface area contributed by atoms with E-state index in [0.717, 1.165) is 3.92 Å². The van der Waals surface area contributed by atoms with Crippen molar-refractivity contribution in [2.24, 2.45) is 5.73 Å². The second-order valence-corrected chi connectivity index (χ2v) is 7.61. The Balaban J connectivity index is 2.02. The van der Waals surface area contributed by atoms with E-state index in [1.807, 2.05) is 0 Å². The molecule has 12 heavy (non-hydrogen) atoms. The molecule has 1 unspecified atom stereocenters. The zero-order valence-corrected chi connectivity index (χ0v) is 10.4. The molecule has 2 heteroatoms. The molecule has 2 atom stereocenters. The van der Waals surface area contributed by atoms with E-state index in [0.29, 0.717) is 27.2 Å². The third kappa shape index (κ3) is 3.44. The van der Waals surface area contributed by atoms with E-state index in [9.17, 15) is 0 Å². The number of halogens is 1. The number of rotatable bonds is 5. The van der Waals surface area contributed by atoms with Crippen LogP contribution in [0.5, 0.6) is 0 Å². The second kappa shape index (κ2) is 4.61. The zero-order valence-electron chi connectivity index (χ0n) is 8.23. The van der Waals surface area contributed by atoms with Gasteiger partial charge in [-0.15, -0.1) is 0 Å². The predicted octanol–water partition coefficient (Wildman–Crippen LogP) is -1.08. The number of nitrogens with two attached hydrogens (primary N) is 1. The summed E-state index contributed by atoms with van der Waals surface area (Å²) in [5.41, 5.74) is 9.19. The van der Waals surface area contributed by atoms with Gasteiger partial charge in [-0.3, -0.25) is 0 Å². The van der Waals surface area contributed by atoms with E-state index >= 15 is 0 Å². The van der Waals surface area contributed by atoms with Gasteiger partial charge < -0.3 is 0 Å². The molecule has 2 N–H and O–H groups in total. The van der Waals surface area contributed by atoms with Crippen LogP contribution in [0.3, 0.4) is 0 Å². The van der Waals surface area contributed by atoms with Crippen molar-refractivity contribution in [2.45, 2.75) is 43.6 Å².